The third-order valence-corrected chi connectivity index (χ3v) is 4.39. The molecular formula is C18H27N3O2. The van der Waals surface area contributed by atoms with Crippen molar-refractivity contribution in [2.24, 2.45) is 0 Å². The number of rotatable bonds is 5. The number of likely N-dealkylation sites (tertiary alicyclic amines) is 1. The molecule has 3 amide bonds. The summed E-state index contributed by atoms with van der Waals surface area (Å²) in [6.07, 6.45) is 3.15. The van der Waals surface area contributed by atoms with E-state index in [2.05, 4.69) is 36.6 Å². The average molecular weight is 317 g/mol. The Kier molecular flexibility index (Phi) is 6.02. The van der Waals surface area contributed by atoms with Gasteiger partial charge in [-0.15, -0.1) is 0 Å². The molecule has 1 heterocycles. The monoisotopic (exact) mass is 317 g/mol. The molecule has 0 aromatic heterocycles. The Morgan fingerprint density at radius 1 is 1.22 bits per heavy atom. The van der Waals surface area contributed by atoms with Crippen LogP contribution in [0.3, 0.4) is 0 Å². The third-order valence-electron chi connectivity index (χ3n) is 4.39. The van der Waals surface area contributed by atoms with Gasteiger partial charge in [0.2, 0.25) is 5.91 Å². The van der Waals surface area contributed by atoms with Gasteiger partial charge in [0.15, 0.2) is 0 Å². The first-order chi connectivity index (χ1) is 11.1. The average Bonchev–Trinajstić information content (AvgIpc) is 3.02. The van der Waals surface area contributed by atoms with E-state index < -0.39 is 0 Å². The van der Waals surface area contributed by atoms with Gasteiger partial charge < -0.3 is 15.5 Å². The highest BCUT2D eigenvalue weighted by molar-refractivity contribution is 5.90. The zero-order chi connectivity index (χ0) is 16.8. The number of carbonyl (C=O) groups excluding carboxylic acids is 2. The Hall–Kier alpha value is -2.04. The molecule has 1 fully saturated rings. The van der Waals surface area contributed by atoms with Gasteiger partial charge in [0.1, 0.15) is 0 Å². The molecule has 23 heavy (non-hydrogen) atoms. The molecule has 2 N–H and O–H groups in total. The van der Waals surface area contributed by atoms with Gasteiger partial charge in [0.25, 0.3) is 0 Å². The predicted octanol–water partition coefficient (Wildman–Crippen LogP) is 2.94. The van der Waals surface area contributed by atoms with E-state index in [4.69, 9.17) is 0 Å². The van der Waals surface area contributed by atoms with E-state index in [1.807, 2.05) is 17.9 Å². The van der Waals surface area contributed by atoms with Crippen molar-refractivity contribution < 1.29 is 9.59 Å². The fraction of sp³-hybridized carbons (Fsp3) is 0.556. The van der Waals surface area contributed by atoms with Crippen LogP contribution in [0.15, 0.2) is 18.2 Å². The van der Waals surface area contributed by atoms with Crippen molar-refractivity contribution in [3.8, 4) is 0 Å². The van der Waals surface area contributed by atoms with Gasteiger partial charge in [-0.3, -0.25) is 4.79 Å². The summed E-state index contributed by atoms with van der Waals surface area (Å²) in [7, 11) is 0. The molecule has 1 aromatic carbocycles. The van der Waals surface area contributed by atoms with Gasteiger partial charge in [-0.25, -0.2) is 4.79 Å². The summed E-state index contributed by atoms with van der Waals surface area (Å²) in [4.78, 5) is 25.8. The van der Waals surface area contributed by atoms with Crippen LogP contribution in [0.5, 0.6) is 0 Å². The van der Waals surface area contributed by atoms with Gasteiger partial charge in [-0.1, -0.05) is 32.9 Å². The number of hydrogen-bond donors (Lipinski definition) is 2. The minimum atomic E-state index is -0.191. The fourth-order valence-corrected chi connectivity index (χ4v) is 2.94. The van der Waals surface area contributed by atoms with Gasteiger partial charge in [0.05, 0.1) is 0 Å². The maximum absolute atomic E-state index is 12.3. The molecule has 0 aliphatic carbocycles. The molecular weight excluding hydrogens is 290 g/mol. The summed E-state index contributed by atoms with van der Waals surface area (Å²) in [6, 6.07) is 6.06. The minimum absolute atomic E-state index is 0.0323. The van der Waals surface area contributed by atoms with E-state index in [-0.39, 0.29) is 18.0 Å². The van der Waals surface area contributed by atoms with Crippen molar-refractivity contribution in [1.29, 1.82) is 0 Å². The Balaban J connectivity index is 1.94. The summed E-state index contributed by atoms with van der Waals surface area (Å²) in [6.45, 7) is 7.37. The molecule has 5 heteroatoms. The molecule has 5 nitrogen and oxygen atoms in total. The predicted molar refractivity (Wildman–Crippen MR) is 92.6 cm³/mol. The van der Waals surface area contributed by atoms with Crippen molar-refractivity contribution in [1.82, 2.24) is 10.2 Å². The number of anilines is 1. The van der Waals surface area contributed by atoms with Crippen molar-refractivity contribution in [3.05, 3.63) is 29.3 Å². The second kappa shape index (κ2) is 7.99. The zero-order valence-corrected chi connectivity index (χ0v) is 14.3. The van der Waals surface area contributed by atoms with Gasteiger partial charge in [-0.05, 0) is 36.5 Å². The smallest absolute Gasteiger partial charge is 0.319 e. The Labute approximate surface area is 138 Å². The first-order valence-corrected chi connectivity index (χ1v) is 8.54. The molecule has 0 spiro atoms. The maximum atomic E-state index is 12.3. The van der Waals surface area contributed by atoms with Crippen molar-refractivity contribution in [3.63, 3.8) is 0 Å². The standard InChI is InChI=1S/C18H27N3O2/c1-4-13-7-8-14(5-2)16(11-13)20-18(23)19-15-9-10-21(12-15)17(22)6-3/h7-8,11,15H,4-6,9-10,12H2,1-3H3,(H2,19,20,23)/t15-/m0/s1. The number of aryl methyl sites for hydroxylation is 2. The molecule has 0 bridgehead atoms. The van der Waals surface area contributed by atoms with Crippen LogP contribution in [-0.4, -0.2) is 36.0 Å². The number of urea groups is 1. The first kappa shape index (κ1) is 17.3. The van der Waals surface area contributed by atoms with Crippen molar-refractivity contribution >= 4 is 17.6 Å². The Morgan fingerprint density at radius 2 is 2.00 bits per heavy atom. The largest absolute Gasteiger partial charge is 0.341 e. The van der Waals surface area contributed by atoms with Crippen LogP contribution >= 0.6 is 0 Å². The second-order valence-corrected chi connectivity index (χ2v) is 5.98. The highest BCUT2D eigenvalue weighted by atomic mass is 16.2. The van der Waals surface area contributed by atoms with E-state index in [1.165, 1.54) is 5.56 Å². The summed E-state index contributed by atoms with van der Waals surface area (Å²) in [5.41, 5.74) is 3.22. The molecule has 126 valence electrons. The minimum Gasteiger partial charge on any atom is -0.341 e. The second-order valence-electron chi connectivity index (χ2n) is 5.98. The number of hydrogen-bond acceptors (Lipinski definition) is 2. The van der Waals surface area contributed by atoms with E-state index in [0.29, 0.717) is 13.0 Å². The summed E-state index contributed by atoms with van der Waals surface area (Å²) in [5.74, 6) is 0.152. The van der Waals surface area contributed by atoms with Crippen LogP contribution in [0.4, 0.5) is 10.5 Å². The molecule has 1 aliphatic rings. The number of nitrogens with one attached hydrogen (secondary N) is 2. The molecule has 0 saturated carbocycles. The van der Waals surface area contributed by atoms with Gasteiger partial charge in [0, 0.05) is 31.2 Å². The molecule has 1 aliphatic heterocycles. The van der Waals surface area contributed by atoms with Crippen LogP contribution in [-0.2, 0) is 17.6 Å². The highest BCUT2D eigenvalue weighted by Crippen LogP contribution is 2.19. The molecule has 1 atom stereocenters. The van der Waals surface area contributed by atoms with Crippen LogP contribution in [0.25, 0.3) is 0 Å². The number of nitrogens with zero attached hydrogens (tertiary/aromatic N) is 1. The number of amides is 3. The molecule has 2 rings (SSSR count). The van der Waals surface area contributed by atoms with Crippen molar-refractivity contribution in [2.75, 3.05) is 18.4 Å². The van der Waals surface area contributed by atoms with Crippen LogP contribution < -0.4 is 10.6 Å². The molecule has 1 saturated heterocycles. The van der Waals surface area contributed by atoms with Crippen LogP contribution in [0.1, 0.15) is 44.7 Å². The SMILES string of the molecule is CCC(=O)N1CC[C@H](NC(=O)Nc2cc(CC)ccc2CC)C1. The number of carbonyl (C=O) groups is 2. The quantitative estimate of drug-likeness (QED) is 0.877. The van der Waals surface area contributed by atoms with Gasteiger partial charge >= 0.3 is 6.03 Å². The lowest BCUT2D eigenvalue weighted by atomic mass is 10.1. The number of benzene rings is 1. The zero-order valence-electron chi connectivity index (χ0n) is 14.3. The van der Waals surface area contributed by atoms with E-state index in [9.17, 15) is 9.59 Å². The van der Waals surface area contributed by atoms with E-state index >= 15 is 0 Å². The molecule has 0 radical (unpaired) electrons. The summed E-state index contributed by atoms with van der Waals surface area (Å²) < 4.78 is 0. The van der Waals surface area contributed by atoms with E-state index in [0.717, 1.165) is 37.1 Å². The van der Waals surface area contributed by atoms with Gasteiger partial charge in [-0.2, -0.15) is 0 Å². The molecule has 0 unspecified atom stereocenters. The first-order valence-electron chi connectivity index (χ1n) is 8.54. The van der Waals surface area contributed by atoms with Crippen LogP contribution in [0.2, 0.25) is 0 Å². The lowest BCUT2D eigenvalue weighted by Crippen LogP contribution is -2.40. The highest BCUT2D eigenvalue weighted by Gasteiger charge is 2.26. The Morgan fingerprint density at radius 3 is 2.65 bits per heavy atom. The van der Waals surface area contributed by atoms with Crippen molar-refractivity contribution in [2.45, 2.75) is 52.5 Å². The topological polar surface area (TPSA) is 61.4 Å². The molecule has 1 aromatic rings. The van der Waals surface area contributed by atoms with Crippen LogP contribution in [0, 0.1) is 0 Å². The van der Waals surface area contributed by atoms with E-state index in [1.54, 1.807) is 0 Å². The Bertz CT molecular complexity index is 571. The maximum Gasteiger partial charge on any atom is 0.319 e. The summed E-state index contributed by atoms with van der Waals surface area (Å²) in [5, 5.41) is 5.95. The lowest BCUT2D eigenvalue weighted by molar-refractivity contribution is -0.129. The lowest BCUT2D eigenvalue weighted by Gasteiger charge is -2.17. The normalized spacial score (nSPS) is 17.2. The summed E-state index contributed by atoms with van der Waals surface area (Å²) >= 11 is 0. The third kappa shape index (κ3) is 4.47. The fourth-order valence-electron chi connectivity index (χ4n) is 2.94.